The third kappa shape index (κ3) is 4.03. The second-order valence-corrected chi connectivity index (χ2v) is 7.71. The van der Waals surface area contributed by atoms with Gasteiger partial charge in [-0.05, 0) is 54.3 Å². The number of aromatic nitrogens is 4. The highest BCUT2D eigenvalue weighted by molar-refractivity contribution is 5.94. The summed E-state index contributed by atoms with van der Waals surface area (Å²) in [6, 6.07) is 11.5. The second kappa shape index (κ2) is 8.74. The van der Waals surface area contributed by atoms with Crippen LogP contribution in [0, 0.1) is 0 Å². The van der Waals surface area contributed by atoms with E-state index in [9.17, 15) is 4.79 Å². The van der Waals surface area contributed by atoms with Crippen molar-refractivity contribution in [1.29, 1.82) is 0 Å². The zero-order valence-corrected chi connectivity index (χ0v) is 18.4. The number of carbonyl (C=O) groups is 1. The monoisotopic (exact) mass is 441 g/mol. The number of likely N-dealkylation sites (N-methyl/N-ethyl adjacent to an activating group) is 1. The van der Waals surface area contributed by atoms with Gasteiger partial charge in [0.1, 0.15) is 18.1 Å². The van der Waals surface area contributed by atoms with E-state index in [0.717, 1.165) is 45.6 Å². The molecule has 0 saturated carbocycles. The predicted octanol–water partition coefficient (Wildman–Crippen LogP) is 3.71. The van der Waals surface area contributed by atoms with Crippen molar-refractivity contribution in [3.05, 3.63) is 77.9 Å². The van der Waals surface area contributed by atoms with E-state index in [4.69, 9.17) is 9.47 Å². The van der Waals surface area contributed by atoms with Crippen LogP contribution in [0.4, 0.5) is 0 Å². The first kappa shape index (κ1) is 20.7. The van der Waals surface area contributed by atoms with E-state index < -0.39 is 0 Å². The number of hydrogen-bond acceptors (Lipinski definition) is 6. The lowest BCUT2D eigenvalue weighted by Gasteiger charge is -2.14. The molecule has 0 spiro atoms. The molecule has 0 aliphatic heterocycles. The van der Waals surface area contributed by atoms with E-state index in [2.05, 4.69) is 20.5 Å². The zero-order chi connectivity index (χ0) is 22.8. The minimum atomic E-state index is -0.0268. The number of carbonyl (C=O) groups excluding carboxylic acids is 1. The van der Waals surface area contributed by atoms with Crippen LogP contribution in [-0.2, 0) is 11.4 Å². The van der Waals surface area contributed by atoms with Crippen molar-refractivity contribution in [3.8, 4) is 11.5 Å². The zero-order valence-electron chi connectivity index (χ0n) is 18.4. The van der Waals surface area contributed by atoms with Crippen molar-refractivity contribution in [1.82, 2.24) is 24.9 Å². The van der Waals surface area contributed by atoms with Gasteiger partial charge in [-0.2, -0.15) is 0 Å². The van der Waals surface area contributed by atoms with Gasteiger partial charge in [0.2, 0.25) is 5.91 Å². The number of rotatable bonds is 6. The molecule has 0 radical (unpaired) electrons. The Kier molecular flexibility index (Phi) is 5.48. The first-order chi connectivity index (χ1) is 16.2. The summed E-state index contributed by atoms with van der Waals surface area (Å²) in [6.07, 6.45) is 9.14. The molecule has 0 atom stereocenters. The molecule has 8 heteroatoms. The van der Waals surface area contributed by atoms with Crippen LogP contribution in [0.25, 0.3) is 22.1 Å². The molecule has 1 amide bonds. The van der Waals surface area contributed by atoms with Gasteiger partial charge in [0.25, 0.3) is 0 Å². The van der Waals surface area contributed by atoms with Crippen LogP contribution in [0.15, 0.2) is 66.5 Å². The molecule has 5 rings (SSSR count). The van der Waals surface area contributed by atoms with Gasteiger partial charge in [-0.15, -0.1) is 10.2 Å². The Morgan fingerprint density at radius 2 is 2.03 bits per heavy atom. The Balaban J connectivity index is 1.40. The molecular formula is C25H23N5O3. The molecule has 8 nitrogen and oxygen atoms in total. The van der Waals surface area contributed by atoms with E-state index >= 15 is 0 Å². The maximum Gasteiger partial charge on any atom is 0.246 e. The Morgan fingerprint density at radius 1 is 1.12 bits per heavy atom. The summed E-state index contributed by atoms with van der Waals surface area (Å²) >= 11 is 0. The van der Waals surface area contributed by atoms with Gasteiger partial charge >= 0.3 is 0 Å². The third-order valence-corrected chi connectivity index (χ3v) is 5.78. The minimum absolute atomic E-state index is 0.0268. The van der Waals surface area contributed by atoms with Crippen LogP contribution in [-0.4, -0.2) is 39.6 Å². The molecule has 0 bridgehead atoms. The highest BCUT2D eigenvalue weighted by Crippen LogP contribution is 2.29. The first-order valence-corrected chi connectivity index (χ1v) is 10.7. The molecule has 0 fully saturated rings. The lowest BCUT2D eigenvalue weighted by molar-refractivity contribution is -0.117. The van der Waals surface area contributed by atoms with Gasteiger partial charge in [-0.1, -0.05) is 12.2 Å². The lowest BCUT2D eigenvalue weighted by Crippen LogP contribution is -2.20. The lowest BCUT2D eigenvalue weighted by atomic mass is 9.94. The van der Waals surface area contributed by atoms with Gasteiger partial charge < -0.3 is 14.8 Å². The number of benzene rings is 1. The van der Waals surface area contributed by atoms with E-state index in [1.807, 2.05) is 59.1 Å². The van der Waals surface area contributed by atoms with Crippen LogP contribution in [0.2, 0.25) is 0 Å². The average Bonchev–Trinajstić information content (AvgIpc) is 3.28. The number of amides is 1. The largest absolute Gasteiger partial charge is 0.497 e. The maximum atomic E-state index is 11.8. The van der Waals surface area contributed by atoms with E-state index in [0.29, 0.717) is 12.2 Å². The van der Waals surface area contributed by atoms with Crippen molar-refractivity contribution in [2.24, 2.45) is 0 Å². The van der Waals surface area contributed by atoms with Crippen LogP contribution in [0.3, 0.4) is 0 Å². The van der Waals surface area contributed by atoms with Crippen LogP contribution >= 0.6 is 0 Å². The summed E-state index contributed by atoms with van der Waals surface area (Å²) in [5.74, 6) is 2.14. The molecule has 1 N–H and O–H groups in total. The summed E-state index contributed by atoms with van der Waals surface area (Å²) < 4.78 is 13.3. The number of allylic oxidation sites excluding steroid dienone is 3. The summed E-state index contributed by atoms with van der Waals surface area (Å²) in [5, 5.41) is 12.2. The number of hydrogen-bond donors (Lipinski definition) is 1. The smallest absolute Gasteiger partial charge is 0.246 e. The van der Waals surface area contributed by atoms with E-state index in [-0.39, 0.29) is 12.5 Å². The van der Waals surface area contributed by atoms with Gasteiger partial charge in [-0.25, -0.2) is 0 Å². The number of pyridine rings is 2. The molecule has 1 aliphatic rings. The molecule has 33 heavy (non-hydrogen) atoms. The standard InChI is InChI=1S/C25H23N5O3/c1-26-25(31)17-5-3-16(4-6-17)18-7-10-23-28-29-24(30(23)14-18)15-33-22-11-12-27-21-13-19(32-2)8-9-20(21)22/h3,5,7-14H,4,6,15H2,1-2H3,(H,26,31). The van der Waals surface area contributed by atoms with Crippen LogP contribution in [0.1, 0.15) is 24.2 Å². The Hall–Kier alpha value is -4.20. The van der Waals surface area contributed by atoms with Crippen LogP contribution < -0.4 is 14.8 Å². The highest BCUT2D eigenvalue weighted by atomic mass is 16.5. The topological polar surface area (TPSA) is 90.6 Å². The number of nitrogens with zero attached hydrogens (tertiary/aromatic N) is 4. The summed E-state index contributed by atoms with van der Waals surface area (Å²) in [4.78, 5) is 16.2. The Labute approximate surface area is 190 Å². The molecule has 4 aromatic rings. The maximum absolute atomic E-state index is 11.8. The van der Waals surface area contributed by atoms with Crippen LogP contribution in [0.5, 0.6) is 11.5 Å². The fourth-order valence-corrected chi connectivity index (χ4v) is 3.95. The van der Waals surface area contributed by atoms with Gasteiger partial charge in [-0.3, -0.25) is 14.2 Å². The predicted molar refractivity (Wildman–Crippen MR) is 125 cm³/mol. The van der Waals surface area contributed by atoms with E-state index in [1.165, 1.54) is 5.57 Å². The molecular weight excluding hydrogens is 418 g/mol. The van der Waals surface area contributed by atoms with Gasteiger partial charge in [0.15, 0.2) is 11.5 Å². The van der Waals surface area contributed by atoms with Gasteiger partial charge in [0.05, 0.1) is 12.6 Å². The van der Waals surface area contributed by atoms with E-state index in [1.54, 1.807) is 20.4 Å². The number of fused-ring (bicyclic) bond motifs is 2. The molecule has 1 aliphatic carbocycles. The van der Waals surface area contributed by atoms with Crippen molar-refractivity contribution in [2.75, 3.05) is 14.2 Å². The van der Waals surface area contributed by atoms with Gasteiger partial charge in [0, 0.05) is 36.5 Å². The average molecular weight is 441 g/mol. The number of nitrogens with one attached hydrogen (secondary N) is 1. The van der Waals surface area contributed by atoms with Crippen molar-refractivity contribution in [2.45, 2.75) is 19.4 Å². The molecule has 3 heterocycles. The molecule has 3 aromatic heterocycles. The fourth-order valence-electron chi connectivity index (χ4n) is 3.95. The van der Waals surface area contributed by atoms with Crippen molar-refractivity contribution >= 4 is 28.0 Å². The SMILES string of the molecule is CNC(=O)C1=CC=C(c2ccc3nnc(COc4ccnc5cc(OC)ccc45)n3c2)CC1. The fraction of sp³-hybridized carbons (Fsp3) is 0.200. The molecule has 166 valence electrons. The van der Waals surface area contributed by atoms with Crippen molar-refractivity contribution < 1.29 is 14.3 Å². The Bertz CT molecular complexity index is 1420. The quantitative estimate of drug-likeness (QED) is 0.491. The molecule has 0 saturated heterocycles. The summed E-state index contributed by atoms with van der Waals surface area (Å²) in [5.41, 5.74) is 4.58. The summed E-state index contributed by atoms with van der Waals surface area (Å²) in [6.45, 7) is 0.259. The van der Waals surface area contributed by atoms with Crippen molar-refractivity contribution in [3.63, 3.8) is 0 Å². The Morgan fingerprint density at radius 3 is 2.82 bits per heavy atom. The number of methoxy groups -OCH3 is 1. The minimum Gasteiger partial charge on any atom is -0.497 e. The number of ether oxygens (including phenoxy) is 2. The molecule has 1 aromatic carbocycles. The highest BCUT2D eigenvalue weighted by Gasteiger charge is 2.15. The second-order valence-electron chi connectivity index (χ2n) is 7.71. The first-order valence-electron chi connectivity index (χ1n) is 10.7. The summed E-state index contributed by atoms with van der Waals surface area (Å²) in [7, 11) is 3.28. The normalized spacial score (nSPS) is 13.5. The molecule has 0 unspecified atom stereocenters. The third-order valence-electron chi connectivity index (χ3n) is 5.78.